The van der Waals surface area contributed by atoms with Gasteiger partial charge in [-0.1, -0.05) is 41.9 Å². The van der Waals surface area contributed by atoms with Crippen LogP contribution in [0.2, 0.25) is 5.02 Å². The Morgan fingerprint density at radius 3 is 2.62 bits per heavy atom. The van der Waals surface area contributed by atoms with Crippen molar-refractivity contribution in [3.63, 3.8) is 0 Å². The van der Waals surface area contributed by atoms with Crippen LogP contribution in [0.4, 0.5) is 5.69 Å². The van der Waals surface area contributed by atoms with Gasteiger partial charge in [0.1, 0.15) is 0 Å². The van der Waals surface area contributed by atoms with E-state index in [1.165, 1.54) is 6.07 Å². The Morgan fingerprint density at radius 1 is 1.12 bits per heavy atom. The van der Waals surface area contributed by atoms with Crippen LogP contribution in [0.3, 0.4) is 0 Å². The molecule has 0 saturated heterocycles. The maximum Gasteiger partial charge on any atom is 0.250 e. The Balaban J connectivity index is 1.67. The van der Waals surface area contributed by atoms with Crippen LogP contribution < -0.4 is 11.1 Å². The number of nitrogens with two attached hydrogens (primary N) is 1. The summed E-state index contributed by atoms with van der Waals surface area (Å²) in [6.45, 7) is 0.281. The van der Waals surface area contributed by atoms with E-state index >= 15 is 0 Å². The fourth-order valence-corrected chi connectivity index (χ4v) is 2.42. The topological polar surface area (TPSA) is 94.0 Å². The zero-order chi connectivity index (χ0) is 16.9. The van der Waals surface area contributed by atoms with Crippen LogP contribution >= 0.6 is 11.6 Å². The number of nitrogens with one attached hydrogen (secondary N) is 1. The van der Waals surface area contributed by atoms with Crippen molar-refractivity contribution in [3.8, 4) is 0 Å². The monoisotopic (exact) mass is 342 g/mol. The molecule has 0 unspecified atom stereocenters. The van der Waals surface area contributed by atoms with E-state index in [-0.39, 0.29) is 6.54 Å². The molecule has 6 nitrogen and oxygen atoms in total. The lowest BCUT2D eigenvalue weighted by molar-refractivity contribution is 0.100. The Bertz CT molecular complexity index is 849. The van der Waals surface area contributed by atoms with Gasteiger partial charge in [0, 0.05) is 10.7 Å². The first kappa shape index (κ1) is 16.0. The van der Waals surface area contributed by atoms with Gasteiger partial charge >= 0.3 is 0 Å². The second kappa shape index (κ2) is 7.14. The lowest BCUT2D eigenvalue weighted by atomic mass is 10.1. The third-order valence-electron chi connectivity index (χ3n) is 3.38. The molecule has 24 heavy (non-hydrogen) atoms. The molecule has 7 heteroatoms. The zero-order valence-electron chi connectivity index (χ0n) is 12.7. The largest absolute Gasteiger partial charge is 0.423 e. The second-order valence-corrected chi connectivity index (χ2v) is 5.60. The third kappa shape index (κ3) is 3.91. The summed E-state index contributed by atoms with van der Waals surface area (Å²) >= 11 is 5.88. The lowest BCUT2D eigenvalue weighted by Gasteiger charge is -2.08. The molecule has 0 bridgehead atoms. The fraction of sp³-hybridized carbons (Fsp3) is 0.118. The van der Waals surface area contributed by atoms with E-state index in [2.05, 4.69) is 15.5 Å². The second-order valence-electron chi connectivity index (χ2n) is 5.16. The maximum atomic E-state index is 11.5. The van der Waals surface area contributed by atoms with E-state index in [0.29, 0.717) is 34.5 Å². The van der Waals surface area contributed by atoms with Crippen molar-refractivity contribution in [2.75, 3.05) is 5.32 Å². The summed E-state index contributed by atoms with van der Waals surface area (Å²) in [5.41, 5.74) is 7.32. The molecule has 0 fully saturated rings. The van der Waals surface area contributed by atoms with Crippen molar-refractivity contribution in [2.24, 2.45) is 5.73 Å². The van der Waals surface area contributed by atoms with Gasteiger partial charge < -0.3 is 15.5 Å². The van der Waals surface area contributed by atoms with Gasteiger partial charge in [0.25, 0.3) is 5.91 Å². The minimum absolute atomic E-state index is 0.281. The highest BCUT2D eigenvalue weighted by atomic mass is 35.5. The number of aromatic nitrogens is 2. The van der Waals surface area contributed by atoms with Gasteiger partial charge in [-0.15, -0.1) is 10.2 Å². The van der Waals surface area contributed by atoms with Gasteiger partial charge in [-0.2, -0.15) is 0 Å². The summed E-state index contributed by atoms with van der Waals surface area (Å²) in [6.07, 6.45) is 0.571. The van der Waals surface area contributed by atoms with Crippen LogP contribution in [0.1, 0.15) is 27.7 Å². The van der Waals surface area contributed by atoms with Crippen LogP contribution in [-0.2, 0) is 13.0 Å². The number of hydrogen-bond acceptors (Lipinski definition) is 5. The SMILES string of the molecule is NC(=O)c1cc(Cl)ccc1NCc1nnc(Cc2ccccc2)o1. The summed E-state index contributed by atoms with van der Waals surface area (Å²) in [5.74, 6) is 0.394. The van der Waals surface area contributed by atoms with E-state index in [4.69, 9.17) is 21.8 Å². The van der Waals surface area contributed by atoms with Crippen LogP contribution in [0.15, 0.2) is 52.9 Å². The summed E-state index contributed by atoms with van der Waals surface area (Å²) in [6, 6.07) is 14.7. The third-order valence-corrected chi connectivity index (χ3v) is 3.62. The molecular formula is C17H15ClN4O2. The lowest BCUT2D eigenvalue weighted by Crippen LogP contribution is -2.14. The van der Waals surface area contributed by atoms with Crippen molar-refractivity contribution in [2.45, 2.75) is 13.0 Å². The molecule has 0 aliphatic rings. The number of amides is 1. The highest BCUT2D eigenvalue weighted by Crippen LogP contribution is 2.21. The Labute approximate surface area is 143 Å². The molecule has 3 N–H and O–H groups in total. The number of rotatable bonds is 6. The van der Waals surface area contributed by atoms with E-state index in [9.17, 15) is 4.79 Å². The zero-order valence-corrected chi connectivity index (χ0v) is 13.5. The maximum absolute atomic E-state index is 11.5. The Morgan fingerprint density at radius 2 is 1.88 bits per heavy atom. The molecule has 3 aromatic rings. The molecule has 0 saturated carbocycles. The number of hydrogen-bond donors (Lipinski definition) is 2. The molecule has 2 aromatic carbocycles. The molecule has 0 aliphatic heterocycles. The van der Waals surface area contributed by atoms with Crippen molar-refractivity contribution in [3.05, 3.63) is 76.5 Å². The van der Waals surface area contributed by atoms with Gasteiger partial charge in [-0.05, 0) is 23.8 Å². The predicted octanol–water partition coefficient (Wildman–Crippen LogP) is 3.02. The number of carbonyl (C=O) groups excluding carboxylic acids is 1. The van der Waals surface area contributed by atoms with Crippen molar-refractivity contribution < 1.29 is 9.21 Å². The standard InChI is InChI=1S/C17H15ClN4O2/c18-12-6-7-14(13(9-12)17(19)23)20-10-16-22-21-15(24-16)8-11-4-2-1-3-5-11/h1-7,9,20H,8,10H2,(H2,19,23). The molecule has 0 radical (unpaired) electrons. The summed E-state index contributed by atoms with van der Waals surface area (Å²) in [7, 11) is 0. The van der Waals surface area contributed by atoms with E-state index in [1.807, 2.05) is 30.3 Å². The molecule has 0 atom stereocenters. The molecule has 122 valence electrons. The first-order valence-electron chi connectivity index (χ1n) is 7.30. The van der Waals surface area contributed by atoms with Gasteiger partial charge in [-0.25, -0.2) is 0 Å². The molecule has 1 amide bonds. The average molecular weight is 343 g/mol. The van der Waals surface area contributed by atoms with E-state index in [1.54, 1.807) is 12.1 Å². The first-order valence-corrected chi connectivity index (χ1v) is 7.68. The molecule has 0 spiro atoms. The van der Waals surface area contributed by atoms with Crippen LogP contribution in [0.5, 0.6) is 0 Å². The van der Waals surface area contributed by atoms with Crippen molar-refractivity contribution in [1.82, 2.24) is 10.2 Å². The van der Waals surface area contributed by atoms with Gasteiger partial charge in [0.05, 0.1) is 18.5 Å². The van der Waals surface area contributed by atoms with E-state index in [0.717, 1.165) is 5.56 Å². The van der Waals surface area contributed by atoms with Gasteiger partial charge in [-0.3, -0.25) is 4.79 Å². The molecule has 3 rings (SSSR count). The highest BCUT2D eigenvalue weighted by molar-refractivity contribution is 6.31. The fourth-order valence-electron chi connectivity index (χ4n) is 2.25. The molecular weight excluding hydrogens is 328 g/mol. The number of halogens is 1. The van der Waals surface area contributed by atoms with Gasteiger partial charge in [0.2, 0.25) is 11.8 Å². The minimum atomic E-state index is -0.560. The Kier molecular flexibility index (Phi) is 4.77. The number of nitrogens with zero attached hydrogens (tertiary/aromatic N) is 2. The highest BCUT2D eigenvalue weighted by Gasteiger charge is 2.11. The van der Waals surface area contributed by atoms with E-state index < -0.39 is 5.91 Å². The quantitative estimate of drug-likeness (QED) is 0.718. The molecule has 1 aromatic heterocycles. The average Bonchev–Trinajstić information content (AvgIpc) is 3.02. The van der Waals surface area contributed by atoms with Crippen molar-refractivity contribution in [1.29, 1.82) is 0 Å². The number of anilines is 1. The molecule has 1 heterocycles. The Hall–Kier alpha value is -2.86. The van der Waals surface area contributed by atoms with Crippen LogP contribution in [0, 0.1) is 0 Å². The molecule has 0 aliphatic carbocycles. The predicted molar refractivity (Wildman–Crippen MR) is 90.8 cm³/mol. The van der Waals surface area contributed by atoms with Crippen molar-refractivity contribution >= 4 is 23.2 Å². The summed E-state index contributed by atoms with van der Waals surface area (Å²) < 4.78 is 5.61. The first-order chi connectivity index (χ1) is 11.6. The number of benzene rings is 2. The van der Waals surface area contributed by atoms with Gasteiger partial charge in [0.15, 0.2) is 0 Å². The number of carbonyl (C=O) groups is 1. The minimum Gasteiger partial charge on any atom is -0.423 e. The summed E-state index contributed by atoms with van der Waals surface area (Å²) in [5, 5.41) is 11.5. The summed E-state index contributed by atoms with van der Waals surface area (Å²) in [4.78, 5) is 11.5. The smallest absolute Gasteiger partial charge is 0.250 e. The number of primary amides is 1. The van der Waals surface area contributed by atoms with Crippen LogP contribution in [0.25, 0.3) is 0 Å². The normalized spacial score (nSPS) is 10.5. The van der Waals surface area contributed by atoms with Crippen LogP contribution in [-0.4, -0.2) is 16.1 Å².